The molecule has 0 amide bonds. The molecule has 0 nitrogen and oxygen atoms in total. The minimum atomic E-state index is -3.98. The maximum absolute atomic E-state index is 11.7. The SMILES string of the molecule is FC(F)(F)C1[CH]CCC1. The van der Waals surface area contributed by atoms with Crippen LogP contribution in [0.3, 0.4) is 0 Å². The number of halogens is 3. The molecule has 3 heteroatoms. The van der Waals surface area contributed by atoms with Crippen molar-refractivity contribution in [2.45, 2.75) is 25.4 Å². The van der Waals surface area contributed by atoms with Crippen LogP contribution in [0.5, 0.6) is 0 Å². The van der Waals surface area contributed by atoms with Crippen LogP contribution in [-0.2, 0) is 0 Å². The van der Waals surface area contributed by atoms with E-state index in [0.29, 0.717) is 19.3 Å². The summed E-state index contributed by atoms with van der Waals surface area (Å²) in [7, 11) is 0. The van der Waals surface area contributed by atoms with E-state index >= 15 is 0 Å². The van der Waals surface area contributed by atoms with Crippen molar-refractivity contribution < 1.29 is 13.2 Å². The topological polar surface area (TPSA) is 0 Å². The lowest BCUT2D eigenvalue weighted by Gasteiger charge is -2.11. The summed E-state index contributed by atoms with van der Waals surface area (Å²) in [5.74, 6) is -1.11. The lowest BCUT2D eigenvalue weighted by atomic mass is 10.1. The lowest BCUT2D eigenvalue weighted by Crippen LogP contribution is -2.19. The van der Waals surface area contributed by atoms with Crippen molar-refractivity contribution in [3.63, 3.8) is 0 Å². The molecule has 1 atom stereocenters. The highest BCUT2D eigenvalue weighted by Gasteiger charge is 2.40. The molecule has 0 heterocycles. The summed E-state index contributed by atoms with van der Waals surface area (Å²) in [6.45, 7) is 0. The van der Waals surface area contributed by atoms with E-state index in [2.05, 4.69) is 0 Å². The van der Waals surface area contributed by atoms with Gasteiger partial charge in [0, 0.05) is 0 Å². The summed E-state index contributed by atoms with van der Waals surface area (Å²) in [6.07, 6.45) is -0.992. The summed E-state index contributed by atoms with van der Waals surface area (Å²) < 4.78 is 35.2. The van der Waals surface area contributed by atoms with E-state index in [-0.39, 0.29) is 0 Å². The van der Waals surface area contributed by atoms with Crippen molar-refractivity contribution in [1.82, 2.24) is 0 Å². The number of rotatable bonds is 0. The van der Waals surface area contributed by atoms with E-state index in [9.17, 15) is 13.2 Å². The molecule has 0 aromatic heterocycles. The molecule has 0 aliphatic heterocycles. The zero-order valence-corrected chi connectivity index (χ0v) is 4.91. The predicted octanol–water partition coefficient (Wildman–Crippen LogP) is 2.55. The van der Waals surface area contributed by atoms with E-state index in [0.717, 1.165) is 0 Å². The van der Waals surface area contributed by atoms with E-state index in [1.54, 1.807) is 0 Å². The summed E-state index contributed by atoms with van der Waals surface area (Å²) in [4.78, 5) is 0. The first kappa shape index (κ1) is 6.90. The summed E-state index contributed by atoms with van der Waals surface area (Å²) in [5.41, 5.74) is 0. The molecule has 1 saturated carbocycles. The number of hydrogen-bond acceptors (Lipinski definition) is 0. The molecular formula is C6H8F3. The van der Waals surface area contributed by atoms with Gasteiger partial charge in [-0.25, -0.2) is 0 Å². The van der Waals surface area contributed by atoms with Crippen LogP contribution in [0, 0.1) is 12.3 Å². The molecule has 0 N–H and O–H groups in total. The first-order valence-electron chi connectivity index (χ1n) is 3.01. The summed E-state index contributed by atoms with van der Waals surface area (Å²) >= 11 is 0. The highest BCUT2D eigenvalue weighted by Crippen LogP contribution is 2.37. The van der Waals surface area contributed by atoms with Crippen molar-refractivity contribution in [3.05, 3.63) is 6.42 Å². The van der Waals surface area contributed by atoms with Gasteiger partial charge in [-0.05, 0) is 19.3 Å². The highest BCUT2D eigenvalue weighted by atomic mass is 19.4. The zero-order chi connectivity index (χ0) is 6.91. The van der Waals surface area contributed by atoms with Crippen LogP contribution >= 0.6 is 0 Å². The molecular weight excluding hydrogens is 129 g/mol. The molecule has 0 saturated heterocycles. The van der Waals surface area contributed by atoms with Crippen LogP contribution < -0.4 is 0 Å². The molecule has 0 aromatic carbocycles. The summed E-state index contributed by atoms with van der Waals surface area (Å²) in [5, 5.41) is 0. The van der Waals surface area contributed by atoms with Gasteiger partial charge in [-0.1, -0.05) is 6.42 Å². The third-order valence-corrected chi connectivity index (χ3v) is 1.59. The largest absolute Gasteiger partial charge is 0.392 e. The van der Waals surface area contributed by atoms with Crippen LogP contribution in [0.1, 0.15) is 19.3 Å². The normalized spacial score (nSPS) is 23.0. The Balaban J connectivity index is 2.42. The standard InChI is InChI=1S/C6H8F3/c7-6(8,9)5-3-1-2-4-5/h3,5H,1-2,4H2. The van der Waals surface area contributed by atoms with Gasteiger partial charge in [-0.3, -0.25) is 0 Å². The van der Waals surface area contributed by atoms with Crippen molar-refractivity contribution in [3.8, 4) is 0 Å². The van der Waals surface area contributed by atoms with Crippen molar-refractivity contribution >= 4 is 0 Å². The van der Waals surface area contributed by atoms with Gasteiger partial charge >= 0.3 is 6.18 Å². The van der Waals surface area contributed by atoms with Gasteiger partial charge in [-0.2, -0.15) is 13.2 Å². The van der Waals surface area contributed by atoms with Gasteiger partial charge < -0.3 is 0 Å². The average Bonchev–Trinajstić information content (AvgIpc) is 2.08. The lowest BCUT2D eigenvalue weighted by molar-refractivity contribution is -0.163. The Labute approximate surface area is 52.1 Å². The molecule has 1 radical (unpaired) electrons. The first-order chi connectivity index (χ1) is 4.11. The third-order valence-electron chi connectivity index (χ3n) is 1.59. The van der Waals surface area contributed by atoms with Gasteiger partial charge in [0.25, 0.3) is 0 Å². The van der Waals surface area contributed by atoms with E-state index in [4.69, 9.17) is 0 Å². The van der Waals surface area contributed by atoms with Crippen molar-refractivity contribution in [2.24, 2.45) is 5.92 Å². The van der Waals surface area contributed by atoms with E-state index in [1.807, 2.05) is 0 Å². The van der Waals surface area contributed by atoms with Crippen LogP contribution in [0.15, 0.2) is 0 Å². The van der Waals surface area contributed by atoms with E-state index in [1.165, 1.54) is 6.42 Å². The molecule has 1 aliphatic rings. The fraction of sp³-hybridized carbons (Fsp3) is 0.833. The molecule has 1 fully saturated rings. The van der Waals surface area contributed by atoms with Gasteiger partial charge in [-0.15, -0.1) is 0 Å². The minimum absolute atomic E-state index is 0.295. The second-order valence-corrected chi connectivity index (χ2v) is 2.31. The van der Waals surface area contributed by atoms with Gasteiger partial charge in [0.05, 0.1) is 5.92 Å². The monoisotopic (exact) mass is 137 g/mol. The van der Waals surface area contributed by atoms with Gasteiger partial charge in [0.1, 0.15) is 0 Å². The zero-order valence-electron chi connectivity index (χ0n) is 4.91. The highest BCUT2D eigenvalue weighted by molar-refractivity contribution is 4.87. The maximum Gasteiger partial charge on any atom is 0.392 e. The maximum atomic E-state index is 11.7. The Morgan fingerprint density at radius 3 is 2.22 bits per heavy atom. The third kappa shape index (κ3) is 1.60. The molecule has 1 aliphatic carbocycles. The minimum Gasteiger partial charge on any atom is -0.171 e. The van der Waals surface area contributed by atoms with Gasteiger partial charge in [0.2, 0.25) is 0 Å². The molecule has 53 valence electrons. The van der Waals surface area contributed by atoms with Gasteiger partial charge in [0.15, 0.2) is 0 Å². The number of alkyl halides is 3. The molecule has 9 heavy (non-hydrogen) atoms. The molecule has 1 unspecified atom stereocenters. The van der Waals surface area contributed by atoms with Crippen LogP contribution in [-0.4, -0.2) is 6.18 Å². The van der Waals surface area contributed by atoms with Crippen molar-refractivity contribution in [1.29, 1.82) is 0 Å². The Bertz CT molecular complexity index is 89.0. The van der Waals surface area contributed by atoms with Crippen LogP contribution in [0.25, 0.3) is 0 Å². The van der Waals surface area contributed by atoms with Crippen molar-refractivity contribution in [2.75, 3.05) is 0 Å². The second kappa shape index (κ2) is 2.20. The smallest absolute Gasteiger partial charge is 0.171 e. The molecule has 1 rings (SSSR count). The molecule has 0 aromatic rings. The van der Waals surface area contributed by atoms with E-state index < -0.39 is 12.1 Å². The second-order valence-electron chi connectivity index (χ2n) is 2.31. The predicted molar refractivity (Wildman–Crippen MR) is 27.7 cm³/mol. The number of hydrogen-bond donors (Lipinski definition) is 0. The first-order valence-corrected chi connectivity index (χ1v) is 3.01. The summed E-state index contributed by atoms with van der Waals surface area (Å²) in [6, 6.07) is 0. The Kier molecular flexibility index (Phi) is 1.68. The average molecular weight is 137 g/mol. The molecule has 0 bridgehead atoms. The Morgan fingerprint density at radius 2 is 2.00 bits per heavy atom. The van der Waals surface area contributed by atoms with Crippen LogP contribution in [0.4, 0.5) is 13.2 Å². The Hall–Kier alpha value is -0.210. The quantitative estimate of drug-likeness (QED) is 0.481. The fourth-order valence-electron chi connectivity index (χ4n) is 1.07. The molecule has 0 spiro atoms. The fourth-order valence-corrected chi connectivity index (χ4v) is 1.07. The van der Waals surface area contributed by atoms with Crippen LogP contribution in [0.2, 0.25) is 0 Å². The Morgan fingerprint density at radius 1 is 1.33 bits per heavy atom.